The van der Waals surface area contributed by atoms with Crippen molar-refractivity contribution < 1.29 is 9.72 Å². The molecule has 0 aromatic heterocycles. The van der Waals surface area contributed by atoms with E-state index in [4.69, 9.17) is 0 Å². The van der Waals surface area contributed by atoms with Crippen LogP contribution in [0.2, 0.25) is 0 Å². The number of amides is 1. The van der Waals surface area contributed by atoms with E-state index < -0.39 is 10.8 Å². The van der Waals surface area contributed by atoms with E-state index in [0.717, 1.165) is 31.6 Å². The molecule has 1 amide bonds. The van der Waals surface area contributed by atoms with Crippen molar-refractivity contribution in [1.29, 1.82) is 5.26 Å². The van der Waals surface area contributed by atoms with E-state index in [9.17, 15) is 20.2 Å². The van der Waals surface area contributed by atoms with Crippen LogP contribution in [0.15, 0.2) is 54.1 Å². The Morgan fingerprint density at radius 3 is 2.52 bits per heavy atom. The fraction of sp³-hybridized carbons (Fsp3) is 0.200. The highest BCUT2D eigenvalue weighted by atomic mass is 16.6. The molecule has 0 aliphatic carbocycles. The third-order valence-corrected chi connectivity index (χ3v) is 4.37. The third-order valence-electron chi connectivity index (χ3n) is 4.37. The monoisotopic (exact) mass is 362 g/mol. The number of nitrogens with zero attached hydrogens (tertiary/aromatic N) is 3. The molecule has 1 aliphatic rings. The maximum Gasteiger partial charge on any atom is 0.270 e. The fourth-order valence-electron chi connectivity index (χ4n) is 3.04. The highest BCUT2D eigenvalue weighted by molar-refractivity contribution is 6.10. The molecule has 1 fully saturated rings. The van der Waals surface area contributed by atoms with Crippen molar-refractivity contribution in [3.8, 4) is 6.07 Å². The van der Waals surface area contributed by atoms with E-state index >= 15 is 0 Å². The molecule has 0 saturated carbocycles. The van der Waals surface area contributed by atoms with Gasteiger partial charge in [-0.1, -0.05) is 18.2 Å². The number of non-ortho nitro benzene ring substituents is 1. The number of hydrogen-bond donors (Lipinski definition) is 1. The summed E-state index contributed by atoms with van der Waals surface area (Å²) < 4.78 is 0. The summed E-state index contributed by atoms with van der Waals surface area (Å²) in [6, 6.07) is 15.2. The average Bonchev–Trinajstić information content (AvgIpc) is 3.21. The lowest BCUT2D eigenvalue weighted by molar-refractivity contribution is -0.384. The van der Waals surface area contributed by atoms with Crippen LogP contribution in [-0.4, -0.2) is 23.9 Å². The van der Waals surface area contributed by atoms with Crippen molar-refractivity contribution in [2.24, 2.45) is 0 Å². The summed E-state index contributed by atoms with van der Waals surface area (Å²) in [6.07, 6.45) is 3.50. The Labute approximate surface area is 156 Å². The van der Waals surface area contributed by atoms with Gasteiger partial charge in [-0.2, -0.15) is 5.26 Å². The van der Waals surface area contributed by atoms with Gasteiger partial charge in [-0.25, -0.2) is 0 Å². The Balaban J connectivity index is 1.96. The third kappa shape index (κ3) is 4.30. The van der Waals surface area contributed by atoms with Gasteiger partial charge in [0.25, 0.3) is 11.6 Å². The summed E-state index contributed by atoms with van der Waals surface area (Å²) in [5.74, 6) is -0.553. The molecule has 1 aliphatic heterocycles. The maximum absolute atomic E-state index is 12.5. The Bertz CT molecular complexity index is 926. The Kier molecular flexibility index (Phi) is 5.47. The average molecular weight is 362 g/mol. The Hall–Kier alpha value is -3.66. The minimum atomic E-state index is -0.553. The number of rotatable bonds is 5. The number of carbonyl (C=O) groups excluding carboxylic acids is 1. The molecule has 7 heteroatoms. The van der Waals surface area contributed by atoms with Crippen LogP contribution >= 0.6 is 0 Å². The fourth-order valence-corrected chi connectivity index (χ4v) is 3.04. The quantitative estimate of drug-likeness (QED) is 0.378. The molecule has 0 bridgehead atoms. The van der Waals surface area contributed by atoms with Crippen LogP contribution in [0.1, 0.15) is 18.4 Å². The van der Waals surface area contributed by atoms with Gasteiger partial charge in [-0.3, -0.25) is 14.9 Å². The molecule has 0 radical (unpaired) electrons. The predicted molar refractivity (Wildman–Crippen MR) is 103 cm³/mol. The normalized spacial score (nSPS) is 13.9. The summed E-state index contributed by atoms with van der Waals surface area (Å²) in [4.78, 5) is 25.2. The molecule has 7 nitrogen and oxygen atoms in total. The highest BCUT2D eigenvalue weighted by Gasteiger charge is 2.19. The summed E-state index contributed by atoms with van der Waals surface area (Å²) in [7, 11) is 0. The lowest BCUT2D eigenvalue weighted by Crippen LogP contribution is -2.19. The second-order valence-corrected chi connectivity index (χ2v) is 6.18. The van der Waals surface area contributed by atoms with Gasteiger partial charge >= 0.3 is 0 Å². The molecular weight excluding hydrogens is 344 g/mol. The first-order chi connectivity index (χ1) is 13.1. The van der Waals surface area contributed by atoms with Crippen molar-refractivity contribution in [3.63, 3.8) is 0 Å². The van der Waals surface area contributed by atoms with Gasteiger partial charge < -0.3 is 10.2 Å². The SMILES string of the molecule is N#C/C(=C\c1cc([N+](=O)[O-])ccc1N1CCCC1)C(=O)Nc1ccccc1. The van der Waals surface area contributed by atoms with E-state index in [0.29, 0.717) is 11.3 Å². The predicted octanol–water partition coefficient (Wildman–Crippen LogP) is 3.74. The lowest BCUT2D eigenvalue weighted by atomic mass is 10.1. The van der Waals surface area contributed by atoms with Crippen molar-refractivity contribution in [3.05, 3.63) is 69.8 Å². The zero-order chi connectivity index (χ0) is 19.2. The first-order valence-electron chi connectivity index (χ1n) is 8.60. The van der Waals surface area contributed by atoms with Gasteiger partial charge in [-0.15, -0.1) is 0 Å². The van der Waals surface area contributed by atoms with Crippen LogP contribution in [0.5, 0.6) is 0 Å². The smallest absolute Gasteiger partial charge is 0.270 e. The Morgan fingerprint density at radius 1 is 1.19 bits per heavy atom. The van der Waals surface area contributed by atoms with Crippen LogP contribution in [-0.2, 0) is 4.79 Å². The first-order valence-corrected chi connectivity index (χ1v) is 8.60. The molecule has 0 atom stereocenters. The molecule has 1 N–H and O–H groups in total. The molecule has 27 heavy (non-hydrogen) atoms. The number of para-hydroxylation sites is 1. The van der Waals surface area contributed by atoms with Crippen LogP contribution < -0.4 is 10.2 Å². The number of hydrogen-bond acceptors (Lipinski definition) is 5. The second-order valence-electron chi connectivity index (χ2n) is 6.18. The number of nitro benzene ring substituents is 1. The van der Waals surface area contributed by atoms with Crippen LogP contribution in [0.4, 0.5) is 17.1 Å². The van der Waals surface area contributed by atoms with E-state index in [1.54, 1.807) is 30.3 Å². The van der Waals surface area contributed by atoms with E-state index in [1.807, 2.05) is 12.1 Å². The zero-order valence-electron chi connectivity index (χ0n) is 14.6. The first kappa shape index (κ1) is 18.1. The number of nitriles is 1. The lowest BCUT2D eigenvalue weighted by Gasteiger charge is -2.20. The van der Waals surface area contributed by atoms with Gasteiger partial charge in [0, 0.05) is 42.2 Å². The number of carbonyl (C=O) groups is 1. The number of nitrogens with one attached hydrogen (secondary N) is 1. The molecule has 1 heterocycles. The van der Waals surface area contributed by atoms with Crippen LogP contribution in [0.3, 0.4) is 0 Å². The standard InChI is InChI=1S/C20H18N4O3/c21-14-16(20(25)22-17-6-2-1-3-7-17)12-15-13-18(24(26)27)8-9-19(15)23-10-4-5-11-23/h1-3,6-9,12-13H,4-5,10-11H2,(H,22,25)/b16-12+. The van der Waals surface area contributed by atoms with Crippen molar-refractivity contribution >= 4 is 29.0 Å². The summed E-state index contributed by atoms with van der Waals surface area (Å²) in [5.41, 5.74) is 1.66. The van der Waals surface area contributed by atoms with E-state index in [1.165, 1.54) is 18.2 Å². The zero-order valence-corrected chi connectivity index (χ0v) is 14.6. The topological polar surface area (TPSA) is 99.3 Å². The van der Waals surface area contributed by atoms with Crippen molar-refractivity contribution in [2.45, 2.75) is 12.8 Å². The van der Waals surface area contributed by atoms with Gasteiger partial charge in [-0.05, 0) is 37.1 Å². The van der Waals surface area contributed by atoms with Crippen molar-refractivity contribution in [2.75, 3.05) is 23.3 Å². The number of anilines is 2. The summed E-state index contributed by atoms with van der Waals surface area (Å²) >= 11 is 0. The van der Waals surface area contributed by atoms with E-state index in [2.05, 4.69) is 10.2 Å². The molecule has 2 aromatic rings. The highest BCUT2D eigenvalue weighted by Crippen LogP contribution is 2.30. The van der Waals surface area contributed by atoms with E-state index in [-0.39, 0.29) is 11.3 Å². The molecule has 0 unspecified atom stereocenters. The summed E-state index contributed by atoms with van der Waals surface area (Å²) in [6.45, 7) is 1.69. The Morgan fingerprint density at radius 2 is 1.89 bits per heavy atom. The molecular formula is C20H18N4O3. The minimum absolute atomic E-state index is 0.0787. The van der Waals surface area contributed by atoms with Gasteiger partial charge in [0.1, 0.15) is 11.6 Å². The van der Waals surface area contributed by atoms with Gasteiger partial charge in [0.2, 0.25) is 0 Å². The van der Waals surface area contributed by atoms with Gasteiger partial charge in [0.15, 0.2) is 0 Å². The van der Waals surface area contributed by atoms with Crippen molar-refractivity contribution in [1.82, 2.24) is 0 Å². The number of nitro groups is 1. The second kappa shape index (κ2) is 8.15. The minimum Gasteiger partial charge on any atom is -0.371 e. The molecule has 3 rings (SSSR count). The molecule has 2 aromatic carbocycles. The maximum atomic E-state index is 12.5. The number of benzene rings is 2. The summed E-state index contributed by atoms with van der Waals surface area (Å²) in [5, 5.41) is 23.2. The largest absolute Gasteiger partial charge is 0.371 e. The van der Waals surface area contributed by atoms with Crippen LogP contribution in [0.25, 0.3) is 6.08 Å². The molecule has 0 spiro atoms. The molecule has 1 saturated heterocycles. The van der Waals surface area contributed by atoms with Crippen LogP contribution in [0, 0.1) is 21.4 Å². The molecule has 136 valence electrons. The van der Waals surface area contributed by atoms with Gasteiger partial charge in [0.05, 0.1) is 4.92 Å².